The molecule has 4 aromatic carbocycles. The molecule has 1 aliphatic rings. The zero-order chi connectivity index (χ0) is 34.3. The van der Waals surface area contributed by atoms with Crippen molar-refractivity contribution in [2.45, 2.75) is 68.7 Å². The first-order valence-electron chi connectivity index (χ1n) is 15.9. The van der Waals surface area contributed by atoms with Gasteiger partial charge in [0.25, 0.3) is 10.0 Å². The molecule has 0 bridgehead atoms. The number of hydrogen-bond acceptors (Lipinski definition) is 4. The summed E-state index contributed by atoms with van der Waals surface area (Å²) in [5, 5.41) is 3.10. The van der Waals surface area contributed by atoms with Crippen molar-refractivity contribution in [2.75, 3.05) is 10.8 Å². The third-order valence-corrected chi connectivity index (χ3v) is 10.3. The van der Waals surface area contributed by atoms with Gasteiger partial charge in [-0.1, -0.05) is 97.3 Å². The van der Waals surface area contributed by atoms with Gasteiger partial charge in [-0.3, -0.25) is 13.9 Å². The van der Waals surface area contributed by atoms with E-state index < -0.39 is 40.3 Å². The smallest absolute Gasteiger partial charge is 0.352 e. The number of carbonyl (C=O) groups excluding carboxylic acids is 2. The Kier molecular flexibility index (Phi) is 10.9. The predicted octanol–water partition coefficient (Wildman–Crippen LogP) is 6.91. The average molecular weight is 678 g/mol. The second-order valence-electron chi connectivity index (χ2n) is 12.1. The Hall–Kier alpha value is -4.64. The van der Waals surface area contributed by atoms with Crippen molar-refractivity contribution in [3.63, 3.8) is 0 Å². The number of benzene rings is 4. The number of halogens is 3. The Morgan fingerprint density at radius 2 is 1.46 bits per heavy atom. The largest absolute Gasteiger partial charge is 0.416 e. The minimum Gasteiger partial charge on any atom is -0.352 e. The van der Waals surface area contributed by atoms with Gasteiger partial charge in [0, 0.05) is 19.0 Å². The summed E-state index contributed by atoms with van der Waals surface area (Å²) in [6, 6.07) is 26.6. The van der Waals surface area contributed by atoms with Gasteiger partial charge in [-0.05, 0) is 61.2 Å². The molecule has 1 fully saturated rings. The van der Waals surface area contributed by atoms with E-state index in [-0.39, 0.29) is 35.5 Å². The molecular formula is C37H38F3N3O4S. The lowest BCUT2D eigenvalue weighted by Gasteiger charge is -2.34. The Morgan fingerprint density at radius 1 is 0.833 bits per heavy atom. The first-order chi connectivity index (χ1) is 22.9. The summed E-state index contributed by atoms with van der Waals surface area (Å²) in [7, 11) is -4.53. The molecule has 0 saturated heterocycles. The Bertz CT molecular complexity index is 1800. The Balaban J connectivity index is 1.59. The zero-order valence-electron chi connectivity index (χ0n) is 26.6. The Labute approximate surface area is 279 Å². The fraction of sp³-hybridized carbons (Fsp3) is 0.297. The molecular weight excluding hydrogens is 639 g/mol. The summed E-state index contributed by atoms with van der Waals surface area (Å²) in [5.41, 5.74) is 1.10. The van der Waals surface area contributed by atoms with Crippen LogP contribution in [0.3, 0.4) is 0 Å². The highest BCUT2D eigenvalue weighted by Gasteiger charge is 2.37. The van der Waals surface area contributed by atoms with E-state index in [1.165, 1.54) is 35.2 Å². The van der Waals surface area contributed by atoms with Crippen LogP contribution >= 0.6 is 0 Å². The molecule has 5 rings (SSSR count). The molecule has 0 radical (unpaired) electrons. The number of sulfonamides is 1. The van der Waals surface area contributed by atoms with Crippen molar-refractivity contribution in [1.82, 2.24) is 10.2 Å². The molecule has 1 N–H and O–H groups in total. The lowest BCUT2D eigenvalue weighted by molar-refractivity contribution is -0.140. The summed E-state index contributed by atoms with van der Waals surface area (Å²) in [5.74, 6) is -1.11. The molecule has 11 heteroatoms. The lowest BCUT2D eigenvalue weighted by Crippen LogP contribution is -2.54. The number of amides is 2. The third-order valence-electron chi connectivity index (χ3n) is 8.52. The molecule has 0 unspecified atom stereocenters. The van der Waals surface area contributed by atoms with E-state index in [4.69, 9.17) is 0 Å². The molecule has 1 saturated carbocycles. The standard InChI is InChI=1S/C37H38F3N3O4S/c1-27-19-21-29(22-20-27)25-42(34(23-28-11-4-2-5-12-28)36(45)41-31-14-8-9-15-31)35(44)26-43(48(46,47)33-17-6-3-7-18-33)32-16-10-13-30(24-32)37(38,39)40/h2-7,10-13,16-22,24,31,34H,8-9,14-15,23,25-26H2,1H3,(H,41,45)/t34-/m1/s1. The summed E-state index contributed by atoms with van der Waals surface area (Å²) in [4.78, 5) is 29.8. The third kappa shape index (κ3) is 8.63. The molecule has 0 heterocycles. The Morgan fingerprint density at radius 3 is 2.08 bits per heavy atom. The number of rotatable bonds is 12. The summed E-state index contributed by atoms with van der Waals surface area (Å²) >= 11 is 0. The van der Waals surface area contributed by atoms with E-state index in [0.29, 0.717) is 15.9 Å². The van der Waals surface area contributed by atoms with Gasteiger partial charge in [0.05, 0.1) is 16.1 Å². The molecule has 7 nitrogen and oxygen atoms in total. The van der Waals surface area contributed by atoms with E-state index in [2.05, 4.69) is 5.32 Å². The van der Waals surface area contributed by atoms with Crippen LogP contribution in [0.4, 0.5) is 18.9 Å². The maximum atomic E-state index is 14.5. The van der Waals surface area contributed by atoms with Gasteiger partial charge in [0.15, 0.2) is 0 Å². The van der Waals surface area contributed by atoms with E-state index in [0.717, 1.165) is 48.9 Å². The van der Waals surface area contributed by atoms with Crippen LogP contribution in [-0.4, -0.2) is 43.8 Å². The SMILES string of the molecule is Cc1ccc(CN(C(=O)CN(c2cccc(C(F)(F)F)c2)S(=O)(=O)c2ccccc2)[C@H](Cc2ccccc2)C(=O)NC2CCCC2)cc1. The summed E-state index contributed by atoms with van der Waals surface area (Å²) in [6.45, 7) is 1.05. The van der Waals surface area contributed by atoms with Crippen molar-refractivity contribution in [2.24, 2.45) is 0 Å². The van der Waals surface area contributed by atoms with Gasteiger partial charge >= 0.3 is 6.18 Å². The van der Waals surface area contributed by atoms with Crippen molar-refractivity contribution in [3.05, 3.63) is 131 Å². The first kappa shape index (κ1) is 34.7. The van der Waals surface area contributed by atoms with Crippen molar-refractivity contribution < 1.29 is 31.2 Å². The number of nitrogens with one attached hydrogen (secondary N) is 1. The van der Waals surface area contributed by atoms with Crippen molar-refractivity contribution in [1.29, 1.82) is 0 Å². The van der Waals surface area contributed by atoms with Crippen LogP contribution in [0.2, 0.25) is 0 Å². The van der Waals surface area contributed by atoms with E-state index in [1.54, 1.807) is 6.07 Å². The summed E-state index contributed by atoms with van der Waals surface area (Å²) in [6.07, 6.45) is -1.03. The van der Waals surface area contributed by atoms with Crippen LogP contribution in [-0.2, 0) is 38.8 Å². The fourth-order valence-corrected chi connectivity index (χ4v) is 7.32. The molecule has 0 aromatic heterocycles. The van der Waals surface area contributed by atoms with Crippen molar-refractivity contribution in [3.8, 4) is 0 Å². The van der Waals surface area contributed by atoms with Gasteiger partial charge in [-0.15, -0.1) is 0 Å². The van der Waals surface area contributed by atoms with Crippen LogP contribution in [0, 0.1) is 6.92 Å². The van der Waals surface area contributed by atoms with Crippen molar-refractivity contribution >= 4 is 27.5 Å². The maximum Gasteiger partial charge on any atom is 0.416 e. The number of alkyl halides is 3. The van der Waals surface area contributed by atoms with E-state index in [9.17, 15) is 31.2 Å². The maximum absolute atomic E-state index is 14.5. The predicted molar refractivity (Wildman–Crippen MR) is 178 cm³/mol. The second-order valence-corrected chi connectivity index (χ2v) is 13.9. The van der Waals surface area contributed by atoms with Crippen LogP contribution in [0.25, 0.3) is 0 Å². The summed E-state index contributed by atoms with van der Waals surface area (Å²) < 4.78 is 70.2. The highest BCUT2D eigenvalue weighted by atomic mass is 32.2. The minimum atomic E-state index is -4.75. The first-order valence-corrected chi connectivity index (χ1v) is 17.3. The van der Waals surface area contributed by atoms with E-state index in [1.807, 2.05) is 61.5 Å². The van der Waals surface area contributed by atoms with Gasteiger partial charge in [0.2, 0.25) is 11.8 Å². The molecule has 0 aliphatic heterocycles. The zero-order valence-corrected chi connectivity index (χ0v) is 27.4. The van der Waals surface area contributed by atoms with Crippen LogP contribution in [0.5, 0.6) is 0 Å². The highest BCUT2D eigenvalue weighted by molar-refractivity contribution is 7.92. The van der Waals surface area contributed by atoms with Gasteiger partial charge < -0.3 is 10.2 Å². The molecule has 1 aliphatic carbocycles. The van der Waals surface area contributed by atoms with Gasteiger partial charge in [0.1, 0.15) is 12.6 Å². The highest BCUT2D eigenvalue weighted by Crippen LogP contribution is 2.33. The van der Waals surface area contributed by atoms with E-state index >= 15 is 0 Å². The second kappa shape index (κ2) is 15.1. The topological polar surface area (TPSA) is 86.8 Å². The number of anilines is 1. The average Bonchev–Trinajstić information content (AvgIpc) is 3.59. The number of aryl methyl sites for hydroxylation is 1. The van der Waals surface area contributed by atoms with Crippen LogP contribution < -0.4 is 9.62 Å². The quantitative estimate of drug-likeness (QED) is 0.177. The molecule has 4 aromatic rings. The van der Waals surface area contributed by atoms with Gasteiger partial charge in [-0.25, -0.2) is 8.42 Å². The van der Waals surface area contributed by atoms with Crippen LogP contribution in [0.15, 0.2) is 114 Å². The normalized spacial score (nSPS) is 14.3. The molecule has 48 heavy (non-hydrogen) atoms. The monoisotopic (exact) mass is 677 g/mol. The lowest BCUT2D eigenvalue weighted by atomic mass is 10.0. The fourth-order valence-electron chi connectivity index (χ4n) is 5.90. The van der Waals surface area contributed by atoms with Gasteiger partial charge in [-0.2, -0.15) is 13.2 Å². The number of carbonyl (C=O) groups is 2. The minimum absolute atomic E-state index is 0.0312. The molecule has 1 atom stereocenters. The molecule has 2 amide bonds. The number of nitrogens with zero attached hydrogens (tertiary/aromatic N) is 2. The molecule has 252 valence electrons. The van der Waals surface area contributed by atoms with Crippen LogP contribution in [0.1, 0.15) is 47.9 Å². The molecule has 0 spiro atoms. The number of hydrogen-bond donors (Lipinski definition) is 1.